The van der Waals surface area contributed by atoms with Crippen molar-refractivity contribution in [3.8, 4) is 5.75 Å². The van der Waals surface area contributed by atoms with Crippen LogP contribution in [0.3, 0.4) is 0 Å². The number of nitrogens with one attached hydrogen (secondary N) is 2. The van der Waals surface area contributed by atoms with Crippen LogP contribution >= 0.6 is 12.4 Å². The lowest BCUT2D eigenvalue weighted by Crippen LogP contribution is -2.48. The third-order valence-corrected chi connectivity index (χ3v) is 3.94. The summed E-state index contributed by atoms with van der Waals surface area (Å²) in [5.41, 5.74) is 1.19. The molecule has 0 bridgehead atoms. The summed E-state index contributed by atoms with van der Waals surface area (Å²) in [7, 11) is 0. The molecule has 0 radical (unpaired) electrons. The van der Waals surface area contributed by atoms with Crippen LogP contribution in [-0.4, -0.2) is 31.6 Å². The van der Waals surface area contributed by atoms with Crippen molar-refractivity contribution in [1.29, 1.82) is 0 Å². The summed E-state index contributed by atoms with van der Waals surface area (Å²) < 4.78 is 5.66. The van der Waals surface area contributed by atoms with Gasteiger partial charge in [0.2, 0.25) is 5.91 Å². The maximum Gasteiger partial charge on any atom is 0.220 e. The molecule has 2 atom stereocenters. The average Bonchev–Trinajstić information content (AvgIpc) is 2.46. The molecule has 124 valence electrons. The first-order valence-electron chi connectivity index (χ1n) is 7.84. The number of benzene rings is 1. The molecule has 0 spiro atoms. The van der Waals surface area contributed by atoms with Crippen molar-refractivity contribution in [3.05, 3.63) is 29.8 Å². The molecule has 1 amide bonds. The predicted molar refractivity (Wildman–Crippen MR) is 91.7 cm³/mol. The number of hydrogen-bond donors (Lipinski definition) is 2. The zero-order valence-corrected chi connectivity index (χ0v) is 14.2. The van der Waals surface area contributed by atoms with Gasteiger partial charge < -0.3 is 15.4 Å². The number of piperidine rings is 1. The highest BCUT2D eigenvalue weighted by molar-refractivity contribution is 5.85. The first-order valence-corrected chi connectivity index (χ1v) is 7.84. The highest BCUT2D eigenvalue weighted by Gasteiger charge is 2.22. The molecule has 22 heavy (non-hydrogen) atoms. The van der Waals surface area contributed by atoms with Crippen LogP contribution in [0.4, 0.5) is 0 Å². The van der Waals surface area contributed by atoms with Gasteiger partial charge in [0, 0.05) is 12.5 Å². The Morgan fingerprint density at radius 2 is 2.27 bits per heavy atom. The second kappa shape index (κ2) is 9.70. The van der Waals surface area contributed by atoms with Gasteiger partial charge in [0.25, 0.3) is 0 Å². The minimum absolute atomic E-state index is 0. The summed E-state index contributed by atoms with van der Waals surface area (Å²) in [6.45, 7) is 6.78. The lowest BCUT2D eigenvalue weighted by molar-refractivity contribution is -0.122. The molecule has 2 rings (SSSR count). The number of carbonyl (C=O) groups excluding carboxylic acids is 1. The monoisotopic (exact) mass is 326 g/mol. The Balaban J connectivity index is 0.00000242. The van der Waals surface area contributed by atoms with Gasteiger partial charge in [-0.05, 0) is 56.5 Å². The van der Waals surface area contributed by atoms with Crippen molar-refractivity contribution >= 4 is 18.3 Å². The summed E-state index contributed by atoms with van der Waals surface area (Å²) in [6, 6.07) is 8.30. The van der Waals surface area contributed by atoms with Gasteiger partial charge in [-0.15, -0.1) is 12.4 Å². The number of amides is 1. The third-order valence-electron chi connectivity index (χ3n) is 3.94. The minimum Gasteiger partial charge on any atom is -0.494 e. The first kappa shape index (κ1) is 18.8. The fraction of sp³-hybridized carbons (Fsp3) is 0.588. The van der Waals surface area contributed by atoms with Crippen LogP contribution in [0.2, 0.25) is 0 Å². The summed E-state index contributed by atoms with van der Waals surface area (Å²) in [6.07, 6.45) is 2.30. The normalized spacial score (nSPS) is 20.8. The minimum atomic E-state index is 0. The van der Waals surface area contributed by atoms with Crippen LogP contribution < -0.4 is 15.4 Å². The highest BCUT2D eigenvalue weighted by atomic mass is 35.5. The Morgan fingerprint density at radius 1 is 1.45 bits per heavy atom. The highest BCUT2D eigenvalue weighted by Crippen LogP contribution is 2.13. The predicted octanol–water partition coefficient (Wildman–Crippen LogP) is 2.69. The average molecular weight is 327 g/mol. The van der Waals surface area contributed by atoms with Gasteiger partial charge >= 0.3 is 0 Å². The van der Waals surface area contributed by atoms with E-state index >= 15 is 0 Å². The number of carbonyl (C=O) groups is 1. The zero-order chi connectivity index (χ0) is 15.1. The number of rotatable bonds is 6. The quantitative estimate of drug-likeness (QED) is 0.790. The van der Waals surface area contributed by atoms with E-state index in [1.807, 2.05) is 31.2 Å². The fourth-order valence-electron chi connectivity index (χ4n) is 2.64. The third kappa shape index (κ3) is 6.24. The molecule has 1 heterocycles. The first-order chi connectivity index (χ1) is 10.1. The Labute approximate surface area is 139 Å². The maximum atomic E-state index is 11.9. The maximum absolute atomic E-state index is 11.9. The Kier molecular flexibility index (Phi) is 8.28. The second-order valence-corrected chi connectivity index (χ2v) is 5.91. The van der Waals surface area contributed by atoms with Crippen molar-refractivity contribution in [2.24, 2.45) is 5.92 Å². The molecule has 1 aliphatic rings. The standard InChI is InChI=1S/C17H26N2O2.ClH/c1-13-5-3-6-15(11-13)21-10-4-7-17(20)19-16-8-9-18-12-14(16)2;/h3,5-6,11,14,16,18H,4,7-10,12H2,1-2H3,(H,19,20);1H. The topological polar surface area (TPSA) is 50.4 Å². The van der Waals surface area contributed by atoms with Crippen LogP contribution in [0.1, 0.15) is 31.7 Å². The van der Waals surface area contributed by atoms with Crippen LogP contribution in [0.5, 0.6) is 5.75 Å². The van der Waals surface area contributed by atoms with Crippen LogP contribution in [0, 0.1) is 12.8 Å². The van der Waals surface area contributed by atoms with E-state index in [-0.39, 0.29) is 18.3 Å². The number of ether oxygens (including phenoxy) is 1. The van der Waals surface area contributed by atoms with E-state index in [1.165, 1.54) is 5.56 Å². The molecule has 4 nitrogen and oxygen atoms in total. The van der Waals surface area contributed by atoms with E-state index in [2.05, 4.69) is 17.6 Å². The molecule has 1 aromatic rings. The largest absolute Gasteiger partial charge is 0.494 e. The SMILES string of the molecule is Cc1cccc(OCCCC(=O)NC2CCNCC2C)c1.Cl. The molecule has 1 fully saturated rings. The lowest BCUT2D eigenvalue weighted by Gasteiger charge is -2.30. The van der Waals surface area contributed by atoms with E-state index in [0.29, 0.717) is 25.0 Å². The summed E-state index contributed by atoms with van der Waals surface area (Å²) in [5.74, 6) is 1.52. The van der Waals surface area contributed by atoms with Gasteiger partial charge in [-0.25, -0.2) is 0 Å². The Morgan fingerprint density at radius 3 is 3.00 bits per heavy atom. The molecule has 2 unspecified atom stereocenters. The molecule has 0 aromatic heterocycles. The lowest BCUT2D eigenvalue weighted by atomic mass is 9.95. The van der Waals surface area contributed by atoms with E-state index < -0.39 is 0 Å². The van der Waals surface area contributed by atoms with Crippen molar-refractivity contribution in [2.75, 3.05) is 19.7 Å². The molecule has 0 aliphatic carbocycles. The molecule has 5 heteroatoms. The van der Waals surface area contributed by atoms with E-state index in [0.717, 1.165) is 31.7 Å². The van der Waals surface area contributed by atoms with Gasteiger partial charge in [-0.2, -0.15) is 0 Å². The Hall–Kier alpha value is -1.26. The van der Waals surface area contributed by atoms with Gasteiger partial charge in [0.05, 0.1) is 6.61 Å². The van der Waals surface area contributed by atoms with E-state index in [9.17, 15) is 4.79 Å². The van der Waals surface area contributed by atoms with Gasteiger partial charge in [0.15, 0.2) is 0 Å². The van der Waals surface area contributed by atoms with Gasteiger partial charge in [-0.1, -0.05) is 19.1 Å². The van der Waals surface area contributed by atoms with Crippen molar-refractivity contribution in [2.45, 2.75) is 39.2 Å². The summed E-state index contributed by atoms with van der Waals surface area (Å²) in [5, 5.41) is 6.48. The molecule has 1 aliphatic heterocycles. The number of aryl methyl sites for hydroxylation is 1. The zero-order valence-electron chi connectivity index (χ0n) is 13.4. The second-order valence-electron chi connectivity index (χ2n) is 5.91. The Bertz CT molecular complexity index is 468. The summed E-state index contributed by atoms with van der Waals surface area (Å²) in [4.78, 5) is 11.9. The molecule has 1 saturated heterocycles. The molecular weight excluding hydrogens is 300 g/mol. The number of halogens is 1. The van der Waals surface area contributed by atoms with Crippen LogP contribution in [0.25, 0.3) is 0 Å². The smallest absolute Gasteiger partial charge is 0.220 e. The van der Waals surface area contributed by atoms with Gasteiger partial charge in [-0.3, -0.25) is 4.79 Å². The molecule has 1 aromatic carbocycles. The van der Waals surface area contributed by atoms with Gasteiger partial charge in [0.1, 0.15) is 5.75 Å². The fourth-order valence-corrected chi connectivity index (χ4v) is 2.64. The molecule has 0 saturated carbocycles. The molecular formula is C17H27ClN2O2. The van der Waals surface area contributed by atoms with Crippen LogP contribution in [-0.2, 0) is 4.79 Å². The molecule has 2 N–H and O–H groups in total. The van der Waals surface area contributed by atoms with Crippen molar-refractivity contribution < 1.29 is 9.53 Å². The van der Waals surface area contributed by atoms with E-state index in [4.69, 9.17) is 4.74 Å². The summed E-state index contributed by atoms with van der Waals surface area (Å²) >= 11 is 0. The van der Waals surface area contributed by atoms with Crippen LogP contribution in [0.15, 0.2) is 24.3 Å². The van der Waals surface area contributed by atoms with E-state index in [1.54, 1.807) is 0 Å². The van der Waals surface area contributed by atoms with Crippen molar-refractivity contribution in [1.82, 2.24) is 10.6 Å². The van der Waals surface area contributed by atoms with Crippen molar-refractivity contribution in [3.63, 3.8) is 0 Å². The number of hydrogen-bond acceptors (Lipinski definition) is 3.